The summed E-state index contributed by atoms with van der Waals surface area (Å²) >= 11 is 0. The van der Waals surface area contributed by atoms with Crippen LogP contribution in [0.15, 0.2) is 0 Å². The van der Waals surface area contributed by atoms with Crippen LogP contribution in [0.5, 0.6) is 0 Å². The molecule has 0 spiro atoms. The molecular formula is C9H11F2O2-. The Balaban J connectivity index is 2.09. The molecule has 4 heteroatoms. The second-order valence-corrected chi connectivity index (χ2v) is 4.72. The third-order valence-corrected chi connectivity index (χ3v) is 3.47. The van der Waals surface area contributed by atoms with Gasteiger partial charge >= 0.3 is 0 Å². The minimum absolute atomic E-state index is 0.148. The monoisotopic (exact) mass is 189 g/mol. The Labute approximate surface area is 74.9 Å². The fourth-order valence-corrected chi connectivity index (χ4v) is 2.50. The number of rotatable bonds is 2. The highest BCUT2D eigenvalue weighted by atomic mass is 19.3. The van der Waals surface area contributed by atoms with Gasteiger partial charge in [0.25, 0.3) is 5.92 Å². The molecule has 74 valence electrons. The van der Waals surface area contributed by atoms with E-state index in [0.717, 1.165) is 0 Å². The van der Waals surface area contributed by atoms with Gasteiger partial charge in [-0.05, 0) is 11.3 Å². The van der Waals surface area contributed by atoms with Gasteiger partial charge in [0.15, 0.2) is 0 Å². The van der Waals surface area contributed by atoms with Gasteiger partial charge in [-0.3, -0.25) is 0 Å². The average Bonchev–Trinajstić information content (AvgIpc) is 2.68. The number of alkyl halides is 2. The minimum Gasteiger partial charge on any atom is -0.550 e. The van der Waals surface area contributed by atoms with Gasteiger partial charge < -0.3 is 9.90 Å². The lowest BCUT2D eigenvalue weighted by Gasteiger charge is -2.01. The molecule has 0 saturated heterocycles. The largest absolute Gasteiger partial charge is 0.550 e. The molecule has 0 amide bonds. The second kappa shape index (κ2) is 2.04. The summed E-state index contributed by atoms with van der Waals surface area (Å²) < 4.78 is 25.3. The van der Waals surface area contributed by atoms with Crippen LogP contribution in [0.1, 0.15) is 20.3 Å². The van der Waals surface area contributed by atoms with Crippen molar-refractivity contribution in [3.05, 3.63) is 0 Å². The van der Waals surface area contributed by atoms with Gasteiger partial charge in [0.05, 0.1) is 0 Å². The van der Waals surface area contributed by atoms with Crippen molar-refractivity contribution < 1.29 is 18.7 Å². The molecular weight excluding hydrogens is 178 g/mol. The first-order valence-electron chi connectivity index (χ1n) is 4.37. The summed E-state index contributed by atoms with van der Waals surface area (Å²) in [5.41, 5.74) is -0.497. The molecule has 0 aliphatic heterocycles. The molecule has 0 aromatic carbocycles. The van der Waals surface area contributed by atoms with Gasteiger partial charge in [0.1, 0.15) is 0 Å². The zero-order valence-corrected chi connectivity index (χ0v) is 7.51. The van der Waals surface area contributed by atoms with Crippen LogP contribution >= 0.6 is 0 Å². The lowest BCUT2D eigenvalue weighted by molar-refractivity contribution is -0.309. The number of halogens is 2. The summed E-state index contributed by atoms with van der Waals surface area (Å²) in [6, 6.07) is 0. The van der Waals surface area contributed by atoms with E-state index in [2.05, 4.69) is 0 Å². The molecule has 2 aliphatic carbocycles. The average molecular weight is 189 g/mol. The van der Waals surface area contributed by atoms with Crippen LogP contribution in [0, 0.1) is 23.2 Å². The Morgan fingerprint density at radius 2 is 1.92 bits per heavy atom. The van der Waals surface area contributed by atoms with Crippen molar-refractivity contribution in [3.8, 4) is 0 Å². The first kappa shape index (κ1) is 8.91. The zero-order chi connectivity index (χ0) is 10.0. The molecule has 0 heterocycles. The first-order chi connectivity index (χ1) is 5.78. The van der Waals surface area contributed by atoms with E-state index in [1.165, 1.54) is 0 Å². The van der Waals surface area contributed by atoms with Crippen LogP contribution in [-0.4, -0.2) is 11.9 Å². The maximum absolute atomic E-state index is 12.7. The molecule has 2 nitrogen and oxygen atoms in total. The fraction of sp³-hybridized carbons (Fsp3) is 0.889. The zero-order valence-electron chi connectivity index (χ0n) is 7.51. The van der Waals surface area contributed by atoms with Gasteiger partial charge in [-0.15, -0.1) is 0 Å². The number of carbonyl (C=O) groups is 1. The van der Waals surface area contributed by atoms with Crippen molar-refractivity contribution in [3.63, 3.8) is 0 Å². The molecule has 2 aliphatic rings. The van der Waals surface area contributed by atoms with Crippen LogP contribution in [0.2, 0.25) is 0 Å². The van der Waals surface area contributed by atoms with E-state index >= 15 is 0 Å². The van der Waals surface area contributed by atoms with E-state index in [1.54, 1.807) is 13.8 Å². The van der Waals surface area contributed by atoms with Gasteiger partial charge in [-0.1, -0.05) is 13.8 Å². The van der Waals surface area contributed by atoms with Crippen LogP contribution in [0.3, 0.4) is 0 Å². The lowest BCUT2D eigenvalue weighted by Crippen LogP contribution is -2.26. The number of carbonyl (C=O) groups excluding carboxylic acids is 1. The summed E-state index contributed by atoms with van der Waals surface area (Å²) in [7, 11) is 0. The topological polar surface area (TPSA) is 40.1 Å². The normalized spacial score (nSPS) is 44.2. The molecule has 0 N–H and O–H groups in total. The van der Waals surface area contributed by atoms with Crippen LogP contribution in [0.4, 0.5) is 8.78 Å². The van der Waals surface area contributed by atoms with Gasteiger partial charge in [0.2, 0.25) is 0 Å². The number of carboxylic acids is 1. The van der Waals surface area contributed by atoms with E-state index in [9.17, 15) is 18.7 Å². The van der Waals surface area contributed by atoms with Gasteiger partial charge in [-0.25, -0.2) is 8.78 Å². The quantitative estimate of drug-likeness (QED) is 0.640. The molecule has 2 fully saturated rings. The Hall–Kier alpha value is -0.670. The second-order valence-electron chi connectivity index (χ2n) is 4.72. The van der Waals surface area contributed by atoms with Crippen molar-refractivity contribution in [2.45, 2.75) is 26.2 Å². The first-order valence-corrected chi connectivity index (χ1v) is 4.37. The Morgan fingerprint density at radius 1 is 1.46 bits per heavy atom. The number of aliphatic carboxylic acids is 1. The molecule has 2 rings (SSSR count). The molecule has 0 aromatic rings. The molecule has 0 aromatic heterocycles. The third-order valence-electron chi connectivity index (χ3n) is 3.47. The van der Waals surface area contributed by atoms with Gasteiger partial charge in [0, 0.05) is 24.2 Å². The summed E-state index contributed by atoms with van der Waals surface area (Å²) in [4.78, 5) is 10.6. The van der Waals surface area contributed by atoms with E-state index in [-0.39, 0.29) is 12.3 Å². The maximum Gasteiger partial charge on any atom is 0.251 e. The molecule has 13 heavy (non-hydrogen) atoms. The van der Waals surface area contributed by atoms with Crippen molar-refractivity contribution in [1.29, 1.82) is 0 Å². The van der Waals surface area contributed by atoms with E-state index < -0.39 is 29.1 Å². The maximum atomic E-state index is 12.7. The molecule has 2 saturated carbocycles. The summed E-state index contributed by atoms with van der Waals surface area (Å²) in [6.45, 7) is 3.43. The smallest absolute Gasteiger partial charge is 0.251 e. The molecule has 3 atom stereocenters. The van der Waals surface area contributed by atoms with Crippen molar-refractivity contribution in [2.24, 2.45) is 23.2 Å². The highest BCUT2D eigenvalue weighted by Gasteiger charge is 2.73. The number of carboxylic acid groups (broad SMARTS) is 1. The standard InChI is InChI=1S/C9H12F2O2/c1-8(2)5(6(8)7(12)13)4-3-9(4,10)11/h4-6H,3H2,1-2H3,(H,12,13)/p-1. The molecule has 3 unspecified atom stereocenters. The number of hydrogen-bond donors (Lipinski definition) is 0. The van der Waals surface area contributed by atoms with Crippen molar-refractivity contribution in [1.82, 2.24) is 0 Å². The Kier molecular flexibility index (Phi) is 1.40. The minimum atomic E-state index is -2.62. The summed E-state index contributed by atoms with van der Waals surface area (Å²) in [6.07, 6.45) is -0.148. The fourth-order valence-electron chi connectivity index (χ4n) is 2.50. The highest BCUT2D eigenvalue weighted by molar-refractivity contribution is 5.73. The predicted octanol–water partition coefficient (Wildman–Crippen LogP) is 0.664. The summed E-state index contributed by atoms with van der Waals surface area (Å²) in [5, 5.41) is 10.6. The molecule has 0 radical (unpaired) electrons. The van der Waals surface area contributed by atoms with Crippen LogP contribution < -0.4 is 5.11 Å². The van der Waals surface area contributed by atoms with Crippen molar-refractivity contribution >= 4 is 5.97 Å². The van der Waals surface area contributed by atoms with E-state index in [1.807, 2.05) is 0 Å². The Morgan fingerprint density at radius 3 is 2.15 bits per heavy atom. The van der Waals surface area contributed by atoms with Crippen LogP contribution in [-0.2, 0) is 4.79 Å². The summed E-state index contributed by atoms with van der Waals surface area (Å²) in [5.74, 6) is -5.58. The Bertz CT molecular complexity index is 273. The van der Waals surface area contributed by atoms with Gasteiger partial charge in [-0.2, -0.15) is 0 Å². The third kappa shape index (κ3) is 1.07. The SMILES string of the molecule is CC1(C)C(C(=O)[O-])C1C1CC1(F)F. The van der Waals surface area contributed by atoms with Crippen molar-refractivity contribution in [2.75, 3.05) is 0 Å². The lowest BCUT2D eigenvalue weighted by atomic mass is 10.1. The highest BCUT2D eigenvalue weighted by Crippen LogP contribution is 2.71. The number of hydrogen-bond acceptors (Lipinski definition) is 2. The molecule has 0 bridgehead atoms. The van der Waals surface area contributed by atoms with E-state index in [4.69, 9.17) is 0 Å². The predicted molar refractivity (Wildman–Crippen MR) is 38.8 cm³/mol. The van der Waals surface area contributed by atoms with Crippen LogP contribution in [0.25, 0.3) is 0 Å². The van der Waals surface area contributed by atoms with E-state index in [0.29, 0.717) is 0 Å².